The first-order chi connectivity index (χ1) is 14.6. The summed E-state index contributed by atoms with van der Waals surface area (Å²) in [6, 6.07) is 4.05. The Morgan fingerprint density at radius 2 is 1.78 bits per heavy atom. The third kappa shape index (κ3) is 4.17. The Hall–Kier alpha value is -1.99. The SMILES string of the molecule is CCOC(=O)N1[C@@H](C(=O)OC(C)(C)C)C[C@@]2(Cl)c3cc(Cl)ccc3N(C(=O)C(C)(C)C)[C@@H]12. The summed E-state index contributed by atoms with van der Waals surface area (Å²) >= 11 is 13.5. The number of hydrogen-bond acceptors (Lipinski definition) is 5. The van der Waals surface area contributed by atoms with Gasteiger partial charge in [-0.1, -0.05) is 32.4 Å². The number of amides is 2. The minimum absolute atomic E-state index is 0.0498. The van der Waals surface area contributed by atoms with Gasteiger partial charge in [0.05, 0.1) is 12.3 Å². The zero-order valence-corrected chi connectivity index (χ0v) is 21.0. The lowest BCUT2D eigenvalue weighted by Crippen LogP contribution is -2.57. The molecule has 0 unspecified atom stereocenters. The summed E-state index contributed by atoms with van der Waals surface area (Å²) < 4.78 is 10.9. The van der Waals surface area contributed by atoms with Crippen molar-refractivity contribution in [3.05, 3.63) is 28.8 Å². The predicted molar refractivity (Wildman–Crippen MR) is 123 cm³/mol. The summed E-state index contributed by atoms with van der Waals surface area (Å²) in [5.74, 6) is -0.848. The van der Waals surface area contributed by atoms with Crippen LogP contribution in [-0.2, 0) is 23.9 Å². The first-order valence-corrected chi connectivity index (χ1v) is 11.4. The van der Waals surface area contributed by atoms with Crippen molar-refractivity contribution in [2.24, 2.45) is 5.41 Å². The van der Waals surface area contributed by atoms with Crippen molar-refractivity contribution in [1.29, 1.82) is 0 Å². The zero-order chi connectivity index (χ0) is 24.2. The fraction of sp³-hybridized carbons (Fsp3) is 0.609. The maximum absolute atomic E-state index is 13.6. The highest BCUT2D eigenvalue weighted by Gasteiger charge is 2.65. The second-order valence-corrected chi connectivity index (χ2v) is 11.3. The van der Waals surface area contributed by atoms with Crippen LogP contribution in [0.1, 0.15) is 60.5 Å². The molecule has 1 aromatic rings. The van der Waals surface area contributed by atoms with E-state index in [0.29, 0.717) is 16.3 Å². The molecule has 1 fully saturated rings. The first-order valence-electron chi connectivity index (χ1n) is 10.6. The smallest absolute Gasteiger partial charge is 0.412 e. The zero-order valence-electron chi connectivity index (χ0n) is 19.5. The quantitative estimate of drug-likeness (QED) is 0.432. The van der Waals surface area contributed by atoms with Crippen LogP contribution in [0.15, 0.2) is 18.2 Å². The van der Waals surface area contributed by atoms with E-state index in [4.69, 9.17) is 32.7 Å². The van der Waals surface area contributed by atoms with Crippen molar-refractivity contribution < 1.29 is 23.9 Å². The van der Waals surface area contributed by atoms with Crippen LogP contribution in [0, 0.1) is 5.41 Å². The Morgan fingerprint density at radius 1 is 1.16 bits per heavy atom. The van der Waals surface area contributed by atoms with Crippen LogP contribution in [0.5, 0.6) is 0 Å². The Balaban J connectivity index is 2.20. The summed E-state index contributed by atoms with van der Waals surface area (Å²) in [5.41, 5.74) is -0.388. The molecule has 0 spiro atoms. The molecule has 1 saturated heterocycles. The second-order valence-electron chi connectivity index (χ2n) is 10.2. The lowest BCUT2D eigenvalue weighted by molar-refractivity contribution is -0.160. The van der Waals surface area contributed by atoms with Gasteiger partial charge >= 0.3 is 12.1 Å². The molecule has 32 heavy (non-hydrogen) atoms. The molecular weight excluding hydrogens is 455 g/mol. The van der Waals surface area contributed by atoms with Crippen LogP contribution >= 0.6 is 23.2 Å². The number of alkyl halides is 1. The van der Waals surface area contributed by atoms with E-state index >= 15 is 0 Å². The van der Waals surface area contributed by atoms with Gasteiger partial charge in [-0.05, 0) is 45.9 Å². The number of nitrogens with zero attached hydrogens (tertiary/aromatic N) is 2. The lowest BCUT2D eigenvalue weighted by atomic mass is 9.94. The average molecular weight is 485 g/mol. The van der Waals surface area contributed by atoms with Gasteiger partial charge in [0.25, 0.3) is 0 Å². The molecule has 0 saturated carbocycles. The lowest BCUT2D eigenvalue weighted by Gasteiger charge is -2.38. The largest absolute Gasteiger partial charge is 0.458 e. The number of fused-ring (bicyclic) bond motifs is 3. The van der Waals surface area contributed by atoms with E-state index in [2.05, 4.69) is 0 Å². The van der Waals surface area contributed by atoms with Crippen molar-refractivity contribution in [3.8, 4) is 0 Å². The third-order valence-corrected chi connectivity index (χ3v) is 6.22. The summed E-state index contributed by atoms with van der Waals surface area (Å²) in [4.78, 5) is 41.3. The van der Waals surface area contributed by atoms with Gasteiger partial charge in [0.2, 0.25) is 5.91 Å². The number of carbonyl (C=O) groups is 3. The van der Waals surface area contributed by atoms with E-state index in [0.717, 1.165) is 0 Å². The van der Waals surface area contributed by atoms with Crippen molar-refractivity contribution in [2.75, 3.05) is 11.5 Å². The van der Waals surface area contributed by atoms with Gasteiger partial charge in [0, 0.05) is 22.4 Å². The number of carbonyl (C=O) groups excluding carboxylic acids is 3. The summed E-state index contributed by atoms with van der Waals surface area (Å²) in [5, 5.41) is 0.441. The molecule has 0 N–H and O–H groups in total. The molecule has 7 nitrogen and oxygen atoms in total. The van der Waals surface area contributed by atoms with Gasteiger partial charge in [-0.15, -0.1) is 11.6 Å². The number of hydrogen-bond donors (Lipinski definition) is 0. The molecule has 2 aliphatic rings. The number of benzene rings is 1. The van der Waals surface area contributed by atoms with Crippen molar-refractivity contribution in [2.45, 2.75) is 77.6 Å². The molecule has 2 amide bonds. The van der Waals surface area contributed by atoms with E-state index in [1.54, 1.807) is 66.7 Å². The molecule has 1 aromatic carbocycles. The maximum atomic E-state index is 13.6. The molecular formula is C23H30Cl2N2O5. The molecule has 0 bridgehead atoms. The molecule has 3 rings (SSSR count). The number of ether oxygens (including phenoxy) is 2. The number of anilines is 1. The minimum Gasteiger partial charge on any atom is -0.458 e. The minimum atomic E-state index is -1.25. The molecule has 0 aromatic heterocycles. The Kier molecular flexibility index (Phi) is 6.24. The first kappa shape index (κ1) is 24.6. The van der Waals surface area contributed by atoms with Gasteiger partial charge < -0.3 is 9.47 Å². The number of likely N-dealkylation sites (tertiary alicyclic amines) is 1. The van der Waals surface area contributed by atoms with E-state index in [9.17, 15) is 14.4 Å². The predicted octanol–water partition coefficient (Wildman–Crippen LogP) is 5.07. The Morgan fingerprint density at radius 3 is 2.31 bits per heavy atom. The van der Waals surface area contributed by atoms with Crippen molar-refractivity contribution in [1.82, 2.24) is 4.90 Å². The van der Waals surface area contributed by atoms with Gasteiger partial charge in [-0.2, -0.15) is 0 Å². The monoisotopic (exact) mass is 484 g/mol. The van der Waals surface area contributed by atoms with Gasteiger partial charge in [0.1, 0.15) is 22.7 Å². The van der Waals surface area contributed by atoms with Crippen LogP contribution in [0.3, 0.4) is 0 Å². The molecule has 176 valence electrons. The van der Waals surface area contributed by atoms with Gasteiger partial charge in [-0.3, -0.25) is 14.6 Å². The molecule has 0 radical (unpaired) electrons. The van der Waals surface area contributed by atoms with Gasteiger partial charge in [0.15, 0.2) is 0 Å². The highest BCUT2D eigenvalue weighted by molar-refractivity contribution is 6.32. The maximum Gasteiger partial charge on any atom is 0.412 e. The highest BCUT2D eigenvalue weighted by Crippen LogP contribution is 2.58. The molecule has 2 aliphatic heterocycles. The topological polar surface area (TPSA) is 76.2 Å². The van der Waals surface area contributed by atoms with Crippen molar-refractivity contribution in [3.63, 3.8) is 0 Å². The van der Waals surface area contributed by atoms with E-state index in [1.807, 2.05) is 0 Å². The Labute approximate surface area is 198 Å². The van der Waals surface area contributed by atoms with Gasteiger partial charge in [-0.25, -0.2) is 9.59 Å². The third-order valence-electron chi connectivity index (χ3n) is 5.43. The fourth-order valence-electron chi connectivity index (χ4n) is 4.21. The Bertz CT molecular complexity index is 953. The average Bonchev–Trinajstić information content (AvgIpc) is 3.07. The highest BCUT2D eigenvalue weighted by atomic mass is 35.5. The summed E-state index contributed by atoms with van der Waals surface area (Å²) in [6.07, 6.45) is -1.66. The van der Waals surface area contributed by atoms with Crippen LogP contribution < -0.4 is 4.90 Å². The molecule has 0 aliphatic carbocycles. The van der Waals surface area contributed by atoms with Crippen LogP contribution in [0.4, 0.5) is 10.5 Å². The molecule has 3 atom stereocenters. The number of rotatable bonds is 2. The second kappa shape index (κ2) is 8.10. The number of halogens is 2. The van der Waals surface area contributed by atoms with Crippen LogP contribution in [-0.4, -0.2) is 47.3 Å². The normalized spacial score (nSPS) is 24.8. The van der Waals surface area contributed by atoms with Crippen molar-refractivity contribution >= 4 is 46.9 Å². The van der Waals surface area contributed by atoms with E-state index in [-0.39, 0.29) is 18.9 Å². The van der Waals surface area contributed by atoms with Crippen LogP contribution in [0.2, 0.25) is 5.02 Å². The summed E-state index contributed by atoms with van der Waals surface area (Å²) in [7, 11) is 0. The van der Waals surface area contributed by atoms with E-state index in [1.165, 1.54) is 9.80 Å². The molecule has 9 heteroatoms. The fourth-order valence-corrected chi connectivity index (χ4v) is 4.88. The molecule has 2 heterocycles. The standard InChI is InChI=1S/C23H30Cl2N2O5/c1-8-31-20(30)27-16(17(28)32-22(5,6)7)12-23(25)14-11-13(24)9-10-15(14)26(18(23)27)19(29)21(2,3)4/h9-11,16,18H,8,12H2,1-7H3/t16-,18+,23-/m1/s1. The number of esters is 1. The van der Waals surface area contributed by atoms with Crippen LogP contribution in [0.25, 0.3) is 0 Å². The summed E-state index contributed by atoms with van der Waals surface area (Å²) in [6.45, 7) is 12.4. The van der Waals surface area contributed by atoms with E-state index < -0.39 is 40.2 Å².